The highest BCUT2D eigenvalue weighted by Crippen LogP contribution is 2.32. The number of aldehydes is 1. The SMILES string of the molecule is NCc1cc(C(F)(F)F)nc(C=O)c1C(F)F. The van der Waals surface area contributed by atoms with Crippen LogP contribution in [0.3, 0.4) is 0 Å². The Morgan fingerprint density at radius 2 is 2.00 bits per heavy atom. The molecule has 1 rings (SSSR count). The van der Waals surface area contributed by atoms with Crippen LogP contribution in [-0.4, -0.2) is 11.3 Å². The molecule has 1 aromatic rings. The number of nitrogens with two attached hydrogens (primary N) is 1. The number of rotatable bonds is 3. The van der Waals surface area contributed by atoms with Crippen molar-refractivity contribution in [3.05, 3.63) is 28.6 Å². The standard InChI is InChI=1S/C9H7F5N2O/c10-8(11)7-4(2-15)1-6(9(12,13)14)16-5(7)3-17/h1,3,8H,2,15H2. The number of halogens is 5. The smallest absolute Gasteiger partial charge is 0.326 e. The topological polar surface area (TPSA) is 56.0 Å². The summed E-state index contributed by atoms with van der Waals surface area (Å²) < 4.78 is 62.1. The summed E-state index contributed by atoms with van der Waals surface area (Å²) in [7, 11) is 0. The van der Waals surface area contributed by atoms with Crippen LogP contribution in [0.2, 0.25) is 0 Å². The Morgan fingerprint density at radius 3 is 2.35 bits per heavy atom. The molecule has 0 spiro atoms. The first-order valence-electron chi connectivity index (χ1n) is 4.35. The van der Waals surface area contributed by atoms with Crippen LogP contribution in [0.25, 0.3) is 0 Å². The zero-order chi connectivity index (χ0) is 13.2. The van der Waals surface area contributed by atoms with E-state index in [9.17, 15) is 26.7 Å². The Bertz CT molecular complexity index is 430. The zero-order valence-corrected chi connectivity index (χ0v) is 8.26. The Hall–Kier alpha value is -1.57. The Balaban J connectivity index is 3.50. The maximum absolute atomic E-state index is 12.6. The van der Waals surface area contributed by atoms with Crippen molar-refractivity contribution in [3.63, 3.8) is 0 Å². The van der Waals surface area contributed by atoms with Crippen LogP contribution in [0.5, 0.6) is 0 Å². The highest BCUT2D eigenvalue weighted by molar-refractivity contribution is 5.75. The van der Waals surface area contributed by atoms with Crippen LogP contribution in [0.4, 0.5) is 22.0 Å². The summed E-state index contributed by atoms with van der Waals surface area (Å²) in [4.78, 5) is 13.3. The normalized spacial score (nSPS) is 11.9. The van der Waals surface area contributed by atoms with Crippen molar-refractivity contribution in [2.75, 3.05) is 0 Å². The van der Waals surface area contributed by atoms with Crippen molar-refractivity contribution < 1.29 is 26.7 Å². The number of hydrogen-bond acceptors (Lipinski definition) is 3. The lowest BCUT2D eigenvalue weighted by Gasteiger charge is -2.13. The van der Waals surface area contributed by atoms with Crippen LogP contribution in [0.15, 0.2) is 6.07 Å². The molecule has 0 radical (unpaired) electrons. The summed E-state index contributed by atoms with van der Waals surface area (Å²) in [5.74, 6) is 0. The van der Waals surface area contributed by atoms with Crippen molar-refractivity contribution >= 4 is 6.29 Å². The van der Waals surface area contributed by atoms with Crippen LogP contribution >= 0.6 is 0 Å². The average Bonchev–Trinajstić information content (AvgIpc) is 2.25. The fourth-order valence-corrected chi connectivity index (χ4v) is 1.29. The third kappa shape index (κ3) is 2.76. The van der Waals surface area contributed by atoms with Crippen molar-refractivity contribution in [2.24, 2.45) is 5.73 Å². The molecule has 0 aliphatic rings. The lowest BCUT2D eigenvalue weighted by molar-refractivity contribution is -0.141. The van der Waals surface area contributed by atoms with Gasteiger partial charge in [-0.3, -0.25) is 4.79 Å². The molecule has 2 N–H and O–H groups in total. The van der Waals surface area contributed by atoms with Crippen molar-refractivity contribution in [2.45, 2.75) is 19.1 Å². The minimum absolute atomic E-state index is 0.143. The number of nitrogens with zero attached hydrogens (tertiary/aromatic N) is 1. The van der Waals surface area contributed by atoms with E-state index >= 15 is 0 Å². The Morgan fingerprint density at radius 1 is 1.41 bits per heavy atom. The van der Waals surface area contributed by atoms with E-state index in [0.717, 1.165) is 0 Å². The molecule has 0 saturated carbocycles. The van der Waals surface area contributed by atoms with Crippen LogP contribution < -0.4 is 5.73 Å². The fraction of sp³-hybridized carbons (Fsp3) is 0.333. The Labute approximate surface area is 92.4 Å². The summed E-state index contributed by atoms with van der Waals surface area (Å²) in [6, 6.07) is 0.425. The van der Waals surface area contributed by atoms with Gasteiger partial charge in [-0.15, -0.1) is 0 Å². The molecule has 0 aliphatic heterocycles. The maximum atomic E-state index is 12.6. The number of alkyl halides is 5. The van der Waals surface area contributed by atoms with E-state index in [1.54, 1.807) is 0 Å². The van der Waals surface area contributed by atoms with Crippen molar-refractivity contribution in [1.29, 1.82) is 0 Å². The van der Waals surface area contributed by atoms with Gasteiger partial charge in [-0.25, -0.2) is 13.8 Å². The molecule has 0 unspecified atom stereocenters. The van der Waals surface area contributed by atoms with Gasteiger partial charge in [0.1, 0.15) is 11.4 Å². The average molecular weight is 254 g/mol. The summed E-state index contributed by atoms with van der Waals surface area (Å²) in [5, 5.41) is 0. The third-order valence-electron chi connectivity index (χ3n) is 2.01. The summed E-state index contributed by atoms with van der Waals surface area (Å²) in [5.41, 5.74) is 1.44. The van der Waals surface area contributed by atoms with Crippen molar-refractivity contribution in [3.8, 4) is 0 Å². The Kier molecular flexibility index (Phi) is 3.76. The van der Waals surface area contributed by atoms with E-state index in [-0.39, 0.29) is 6.29 Å². The van der Waals surface area contributed by atoms with E-state index in [1.807, 2.05) is 0 Å². The molecule has 3 nitrogen and oxygen atoms in total. The van der Waals surface area contributed by atoms with Gasteiger partial charge in [0.2, 0.25) is 0 Å². The summed E-state index contributed by atoms with van der Waals surface area (Å²) in [6.45, 7) is -0.536. The fourth-order valence-electron chi connectivity index (χ4n) is 1.29. The van der Waals surface area contributed by atoms with Gasteiger partial charge >= 0.3 is 6.18 Å². The molecule has 0 amide bonds. The molecule has 1 heterocycles. The molecular weight excluding hydrogens is 247 g/mol. The first-order valence-corrected chi connectivity index (χ1v) is 4.35. The molecule has 0 saturated heterocycles. The number of carbonyl (C=O) groups is 1. The monoisotopic (exact) mass is 254 g/mol. The largest absolute Gasteiger partial charge is 0.433 e. The van der Waals surface area contributed by atoms with Gasteiger partial charge in [-0.05, 0) is 11.6 Å². The first-order chi connectivity index (χ1) is 7.81. The highest BCUT2D eigenvalue weighted by Gasteiger charge is 2.35. The van der Waals surface area contributed by atoms with Gasteiger partial charge in [-0.1, -0.05) is 0 Å². The molecule has 0 aromatic carbocycles. The van der Waals surface area contributed by atoms with Crippen LogP contribution in [0.1, 0.15) is 33.7 Å². The van der Waals surface area contributed by atoms with E-state index in [2.05, 4.69) is 4.98 Å². The molecular formula is C9H7F5N2O. The second-order valence-corrected chi connectivity index (χ2v) is 3.09. The van der Waals surface area contributed by atoms with Gasteiger partial charge in [0, 0.05) is 6.54 Å². The van der Waals surface area contributed by atoms with Gasteiger partial charge in [0.15, 0.2) is 6.29 Å². The zero-order valence-electron chi connectivity index (χ0n) is 8.26. The summed E-state index contributed by atoms with van der Waals surface area (Å²) >= 11 is 0. The molecule has 0 atom stereocenters. The lowest BCUT2D eigenvalue weighted by Crippen LogP contribution is -2.15. The summed E-state index contributed by atoms with van der Waals surface area (Å²) in [6.07, 6.45) is -8.07. The molecule has 94 valence electrons. The first kappa shape index (κ1) is 13.5. The van der Waals surface area contributed by atoms with E-state index in [1.165, 1.54) is 0 Å². The van der Waals surface area contributed by atoms with Crippen molar-refractivity contribution in [1.82, 2.24) is 4.98 Å². The van der Waals surface area contributed by atoms with Crippen LogP contribution in [0, 0.1) is 0 Å². The van der Waals surface area contributed by atoms with E-state index in [0.29, 0.717) is 6.07 Å². The predicted molar refractivity (Wildman–Crippen MR) is 47.5 cm³/mol. The second-order valence-electron chi connectivity index (χ2n) is 3.09. The van der Waals surface area contributed by atoms with E-state index in [4.69, 9.17) is 5.73 Å². The molecule has 8 heteroatoms. The molecule has 17 heavy (non-hydrogen) atoms. The van der Waals surface area contributed by atoms with Gasteiger partial charge in [0.05, 0.1) is 5.56 Å². The second kappa shape index (κ2) is 4.74. The number of carbonyl (C=O) groups excluding carboxylic acids is 1. The van der Waals surface area contributed by atoms with E-state index < -0.39 is 41.7 Å². The van der Waals surface area contributed by atoms with Gasteiger partial charge < -0.3 is 5.73 Å². The quantitative estimate of drug-likeness (QED) is 0.665. The lowest BCUT2D eigenvalue weighted by atomic mass is 10.1. The van der Waals surface area contributed by atoms with Gasteiger partial charge in [-0.2, -0.15) is 13.2 Å². The number of aromatic nitrogens is 1. The minimum Gasteiger partial charge on any atom is -0.326 e. The predicted octanol–water partition coefficient (Wildman–Crippen LogP) is 2.31. The molecule has 0 fully saturated rings. The number of hydrogen-bond donors (Lipinski definition) is 1. The third-order valence-corrected chi connectivity index (χ3v) is 2.01. The van der Waals surface area contributed by atoms with Gasteiger partial charge in [0.25, 0.3) is 6.43 Å². The minimum atomic E-state index is -4.82. The maximum Gasteiger partial charge on any atom is 0.433 e. The number of pyridine rings is 1. The highest BCUT2D eigenvalue weighted by atomic mass is 19.4. The molecule has 0 aliphatic carbocycles. The van der Waals surface area contributed by atoms with Crippen LogP contribution in [-0.2, 0) is 12.7 Å². The molecule has 0 bridgehead atoms. The molecule has 1 aromatic heterocycles.